The van der Waals surface area contributed by atoms with Crippen molar-refractivity contribution >= 4 is 38.9 Å². The van der Waals surface area contributed by atoms with Gasteiger partial charge in [-0.05, 0) is 42.3 Å². The van der Waals surface area contributed by atoms with Gasteiger partial charge in [0, 0.05) is 23.7 Å². The number of amides is 1. The third-order valence-corrected chi connectivity index (χ3v) is 5.72. The Bertz CT molecular complexity index is 1280. The maximum Gasteiger partial charge on any atom is 0.266 e. The fourth-order valence-corrected chi connectivity index (χ4v) is 3.81. The van der Waals surface area contributed by atoms with E-state index in [1.165, 1.54) is 17.8 Å². The van der Waals surface area contributed by atoms with Crippen LogP contribution in [0.1, 0.15) is 21.6 Å². The first-order valence-corrected chi connectivity index (χ1v) is 11.5. The molecule has 0 bridgehead atoms. The zero-order valence-corrected chi connectivity index (χ0v) is 18.6. The van der Waals surface area contributed by atoms with Crippen molar-refractivity contribution in [3.05, 3.63) is 71.4 Å². The predicted molar refractivity (Wildman–Crippen MR) is 122 cm³/mol. The van der Waals surface area contributed by atoms with E-state index in [9.17, 15) is 18.0 Å². The molecule has 0 radical (unpaired) electrons. The summed E-state index contributed by atoms with van der Waals surface area (Å²) in [5.74, 6) is -0.684. The lowest BCUT2D eigenvalue weighted by Crippen LogP contribution is -2.30. The van der Waals surface area contributed by atoms with E-state index >= 15 is 0 Å². The molecule has 0 atom stereocenters. The van der Waals surface area contributed by atoms with Gasteiger partial charge in [0.15, 0.2) is 0 Å². The van der Waals surface area contributed by atoms with Gasteiger partial charge in [0.2, 0.25) is 5.91 Å². The minimum atomic E-state index is -4.17. The smallest absolute Gasteiger partial charge is 0.266 e. The number of allylic oxidation sites excluding steroid dienone is 1. The molecule has 2 aromatic carbocycles. The van der Waals surface area contributed by atoms with Crippen molar-refractivity contribution in [1.29, 1.82) is 0 Å². The maximum atomic E-state index is 13.0. The van der Waals surface area contributed by atoms with E-state index in [4.69, 9.17) is 9.29 Å². The van der Waals surface area contributed by atoms with Crippen LogP contribution in [0.3, 0.4) is 0 Å². The molecular formula is C23H24N2O6S. The number of benzene rings is 2. The minimum Gasteiger partial charge on any atom is -0.497 e. The largest absolute Gasteiger partial charge is 0.497 e. The molecule has 8 nitrogen and oxygen atoms in total. The summed E-state index contributed by atoms with van der Waals surface area (Å²) in [5.41, 5.74) is 2.74. The van der Waals surface area contributed by atoms with Crippen LogP contribution in [0, 0.1) is 6.92 Å². The molecule has 3 aromatic rings. The van der Waals surface area contributed by atoms with Gasteiger partial charge >= 0.3 is 0 Å². The summed E-state index contributed by atoms with van der Waals surface area (Å²) in [6.07, 6.45) is 3.13. The summed E-state index contributed by atoms with van der Waals surface area (Å²) in [5, 5.41) is 3.16. The van der Waals surface area contributed by atoms with Crippen molar-refractivity contribution in [1.82, 2.24) is 9.88 Å². The number of hydrogen-bond acceptors (Lipinski definition) is 5. The van der Waals surface area contributed by atoms with Crippen LogP contribution >= 0.6 is 0 Å². The number of rotatable bonds is 8. The van der Waals surface area contributed by atoms with E-state index < -0.39 is 21.8 Å². The van der Waals surface area contributed by atoms with Gasteiger partial charge in [-0.25, -0.2) is 0 Å². The second-order valence-corrected chi connectivity index (χ2v) is 8.75. The maximum absolute atomic E-state index is 13.0. The molecule has 1 amide bonds. The van der Waals surface area contributed by atoms with E-state index in [2.05, 4.69) is 5.32 Å². The number of methoxy groups -OCH3 is 1. The van der Waals surface area contributed by atoms with Crippen LogP contribution in [0.4, 0.5) is 0 Å². The molecule has 0 spiro atoms. The van der Waals surface area contributed by atoms with E-state index in [-0.39, 0.29) is 18.9 Å². The van der Waals surface area contributed by atoms with Gasteiger partial charge in [-0.15, -0.1) is 0 Å². The monoisotopic (exact) mass is 456 g/mol. The van der Waals surface area contributed by atoms with Gasteiger partial charge < -0.3 is 10.1 Å². The average molecular weight is 457 g/mol. The Morgan fingerprint density at radius 2 is 1.88 bits per heavy atom. The summed E-state index contributed by atoms with van der Waals surface area (Å²) in [4.78, 5) is 25.5. The highest BCUT2D eigenvalue weighted by molar-refractivity contribution is 7.85. The number of hydrogen-bond donors (Lipinski definition) is 2. The molecule has 1 aromatic heterocycles. The quantitative estimate of drug-likeness (QED) is 0.398. The number of fused-ring (bicyclic) bond motifs is 1. The molecular weight excluding hydrogens is 432 g/mol. The van der Waals surface area contributed by atoms with Crippen molar-refractivity contribution in [3.63, 3.8) is 0 Å². The Balaban J connectivity index is 1.94. The molecule has 1 heterocycles. The number of nitrogens with zero attached hydrogens (tertiary/aromatic N) is 1. The Labute approximate surface area is 186 Å². The Morgan fingerprint density at radius 1 is 1.16 bits per heavy atom. The van der Waals surface area contributed by atoms with Gasteiger partial charge in [-0.2, -0.15) is 8.42 Å². The lowest BCUT2D eigenvalue weighted by molar-refractivity contribution is -0.120. The molecule has 0 saturated heterocycles. The molecule has 9 heteroatoms. The number of aromatic nitrogens is 1. The van der Waals surface area contributed by atoms with E-state index in [0.29, 0.717) is 27.9 Å². The van der Waals surface area contributed by atoms with Crippen molar-refractivity contribution < 1.29 is 27.3 Å². The van der Waals surface area contributed by atoms with Crippen LogP contribution in [0.5, 0.6) is 5.75 Å². The highest BCUT2D eigenvalue weighted by Gasteiger charge is 2.20. The predicted octanol–water partition coefficient (Wildman–Crippen LogP) is 2.86. The van der Waals surface area contributed by atoms with Crippen LogP contribution in [-0.2, 0) is 21.3 Å². The Hall–Kier alpha value is -3.43. The molecule has 0 unspecified atom stereocenters. The first kappa shape index (κ1) is 23.2. The minimum absolute atomic E-state index is 0.0658. The summed E-state index contributed by atoms with van der Waals surface area (Å²) in [7, 11) is -2.64. The van der Waals surface area contributed by atoms with Gasteiger partial charge in [-0.1, -0.05) is 30.3 Å². The van der Waals surface area contributed by atoms with Crippen LogP contribution in [0.15, 0.2) is 54.6 Å². The molecule has 3 rings (SSSR count). The number of carbonyl (C=O) groups is 2. The molecule has 0 aliphatic heterocycles. The fraction of sp³-hybridized carbons (Fsp3) is 0.217. The molecule has 0 saturated carbocycles. The molecule has 32 heavy (non-hydrogen) atoms. The fourth-order valence-electron chi connectivity index (χ4n) is 3.45. The lowest BCUT2D eigenvalue weighted by atomic mass is 10.1. The molecule has 0 aliphatic carbocycles. The van der Waals surface area contributed by atoms with Gasteiger partial charge in [0.25, 0.3) is 16.0 Å². The number of carbonyl (C=O) groups excluding carboxylic acids is 2. The third-order valence-electron chi connectivity index (χ3n) is 5.00. The summed E-state index contributed by atoms with van der Waals surface area (Å²) in [6, 6.07) is 14.7. The van der Waals surface area contributed by atoms with Crippen molar-refractivity contribution in [2.45, 2.75) is 13.3 Å². The molecule has 168 valence electrons. The van der Waals surface area contributed by atoms with Crippen LogP contribution in [0.25, 0.3) is 17.0 Å². The standard InChI is InChI=1S/C23H24N2O6S/c1-16-19(15-22(26)24-12-13-32(28,29)30)20-14-18(31-2)9-10-21(20)25(16)23(27)11-8-17-6-4-3-5-7-17/h3-11,14H,12-13,15H2,1-2H3,(H,24,26)(H,28,29,30). The molecule has 0 fully saturated rings. The first-order chi connectivity index (χ1) is 15.2. The topological polar surface area (TPSA) is 115 Å². The zero-order valence-electron chi connectivity index (χ0n) is 17.7. The van der Waals surface area contributed by atoms with E-state index in [0.717, 1.165) is 5.56 Å². The third kappa shape index (κ3) is 5.63. The second-order valence-electron chi connectivity index (χ2n) is 7.18. The first-order valence-electron chi connectivity index (χ1n) is 9.87. The SMILES string of the molecule is COc1ccc2c(c1)c(CC(=O)NCCS(=O)(=O)O)c(C)n2C(=O)C=Cc1ccccc1. The van der Waals surface area contributed by atoms with Gasteiger partial charge in [-0.3, -0.25) is 18.7 Å². The van der Waals surface area contributed by atoms with Crippen LogP contribution < -0.4 is 10.1 Å². The van der Waals surface area contributed by atoms with Crippen LogP contribution in [0.2, 0.25) is 0 Å². The van der Waals surface area contributed by atoms with E-state index in [1.807, 2.05) is 30.3 Å². The van der Waals surface area contributed by atoms with Crippen molar-refractivity contribution in [2.75, 3.05) is 19.4 Å². The highest BCUT2D eigenvalue weighted by Crippen LogP contribution is 2.30. The number of ether oxygens (including phenoxy) is 1. The summed E-state index contributed by atoms with van der Waals surface area (Å²) in [6.45, 7) is 1.54. The normalized spacial score (nSPS) is 11.7. The summed E-state index contributed by atoms with van der Waals surface area (Å²) < 4.78 is 37.4. The van der Waals surface area contributed by atoms with Crippen molar-refractivity contribution in [2.24, 2.45) is 0 Å². The molecule has 2 N–H and O–H groups in total. The van der Waals surface area contributed by atoms with E-state index in [1.54, 1.807) is 31.2 Å². The van der Waals surface area contributed by atoms with Crippen molar-refractivity contribution in [3.8, 4) is 5.75 Å². The zero-order chi connectivity index (χ0) is 23.3. The molecule has 0 aliphatic rings. The lowest BCUT2D eigenvalue weighted by Gasteiger charge is -2.06. The Morgan fingerprint density at radius 3 is 2.53 bits per heavy atom. The highest BCUT2D eigenvalue weighted by atomic mass is 32.2. The average Bonchev–Trinajstić information content (AvgIpc) is 3.02. The van der Waals surface area contributed by atoms with Gasteiger partial charge in [0.05, 0.1) is 24.8 Å². The van der Waals surface area contributed by atoms with Gasteiger partial charge in [0.1, 0.15) is 5.75 Å². The Kier molecular flexibility index (Phi) is 7.12. The second kappa shape index (κ2) is 9.80. The number of nitrogens with one attached hydrogen (secondary N) is 1. The summed E-state index contributed by atoms with van der Waals surface area (Å²) >= 11 is 0. The van der Waals surface area contributed by atoms with Crippen LogP contribution in [-0.4, -0.2) is 48.8 Å².